The molecule has 2 heterocycles. The van der Waals surface area contributed by atoms with Gasteiger partial charge in [-0.25, -0.2) is 0 Å². The smallest absolute Gasteiger partial charge is 0.0186 e. The monoisotopic (exact) mass is 242 g/mol. The molecular formula is C13H26N2S. The van der Waals surface area contributed by atoms with Crippen LogP contribution in [0, 0.1) is 5.92 Å². The van der Waals surface area contributed by atoms with E-state index in [1.54, 1.807) is 0 Å². The number of thioether (sulfide) groups is 1. The van der Waals surface area contributed by atoms with E-state index in [1.165, 1.54) is 43.9 Å². The summed E-state index contributed by atoms with van der Waals surface area (Å²) in [5.41, 5.74) is 0. The Morgan fingerprint density at radius 1 is 1.38 bits per heavy atom. The summed E-state index contributed by atoms with van der Waals surface area (Å²) in [6, 6.07) is 1.64. The van der Waals surface area contributed by atoms with Gasteiger partial charge in [-0.15, -0.1) is 0 Å². The van der Waals surface area contributed by atoms with Crippen LogP contribution in [0.4, 0.5) is 0 Å². The lowest BCUT2D eigenvalue weighted by Crippen LogP contribution is -2.52. The maximum atomic E-state index is 3.63. The van der Waals surface area contributed by atoms with Crippen LogP contribution in [0.25, 0.3) is 0 Å². The van der Waals surface area contributed by atoms with Gasteiger partial charge in [0.15, 0.2) is 0 Å². The van der Waals surface area contributed by atoms with Gasteiger partial charge in [0.2, 0.25) is 0 Å². The molecule has 0 saturated carbocycles. The van der Waals surface area contributed by atoms with Crippen LogP contribution < -0.4 is 5.32 Å². The number of rotatable bonds is 3. The molecule has 0 aromatic heterocycles. The van der Waals surface area contributed by atoms with E-state index < -0.39 is 0 Å². The van der Waals surface area contributed by atoms with Crippen molar-refractivity contribution in [1.82, 2.24) is 10.2 Å². The maximum absolute atomic E-state index is 3.63. The van der Waals surface area contributed by atoms with E-state index in [9.17, 15) is 0 Å². The van der Waals surface area contributed by atoms with E-state index in [0.29, 0.717) is 0 Å². The van der Waals surface area contributed by atoms with Gasteiger partial charge in [0.25, 0.3) is 0 Å². The zero-order valence-electron chi connectivity index (χ0n) is 10.7. The summed E-state index contributed by atoms with van der Waals surface area (Å²) >= 11 is 2.15. The van der Waals surface area contributed by atoms with Gasteiger partial charge in [-0.1, -0.05) is 13.8 Å². The predicted molar refractivity (Wildman–Crippen MR) is 73.2 cm³/mol. The average molecular weight is 242 g/mol. The molecule has 16 heavy (non-hydrogen) atoms. The molecule has 0 aromatic rings. The molecule has 2 nitrogen and oxygen atoms in total. The van der Waals surface area contributed by atoms with Crippen molar-refractivity contribution >= 4 is 11.8 Å². The summed E-state index contributed by atoms with van der Waals surface area (Å²) in [7, 11) is 0. The standard InChI is InChI=1S/C13H26N2S/c1-3-14-13-6-7-15(9-11(13)2)12-5-4-8-16-10-12/h11-14H,3-10H2,1-2H3. The topological polar surface area (TPSA) is 15.3 Å². The van der Waals surface area contributed by atoms with Crippen molar-refractivity contribution < 1.29 is 0 Å². The van der Waals surface area contributed by atoms with Crippen LogP contribution in [0.3, 0.4) is 0 Å². The average Bonchev–Trinajstić information content (AvgIpc) is 2.33. The van der Waals surface area contributed by atoms with Crippen molar-refractivity contribution in [3.05, 3.63) is 0 Å². The lowest BCUT2D eigenvalue weighted by molar-refractivity contribution is 0.108. The highest BCUT2D eigenvalue weighted by molar-refractivity contribution is 7.99. The third-order valence-corrected chi connectivity index (χ3v) is 5.25. The summed E-state index contributed by atoms with van der Waals surface area (Å²) < 4.78 is 0. The lowest BCUT2D eigenvalue weighted by Gasteiger charge is -2.42. The molecule has 0 bridgehead atoms. The fourth-order valence-electron chi connectivity index (χ4n) is 3.09. The number of nitrogens with one attached hydrogen (secondary N) is 1. The van der Waals surface area contributed by atoms with Crippen LogP contribution in [-0.4, -0.2) is 48.1 Å². The Kier molecular flexibility index (Phi) is 4.98. The summed E-state index contributed by atoms with van der Waals surface area (Å²) in [6.07, 6.45) is 4.21. The Hall–Kier alpha value is 0.270. The van der Waals surface area contributed by atoms with Crippen LogP contribution in [0.5, 0.6) is 0 Å². The van der Waals surface area contributed by atoms with Crippen molar-refractivity contribution in [2.45, 2.75) is 45.2 Å². The van der Waals surface area contributed by atoms with Gasteiger partial charge in [0.1, 0.15) is 0 Å². The van der Waals surface area contributed by atoms with Gasteiger partial charge in [-0.3, -0.25) is 4.90 Å². The molecule has 0 spiro atoms. The van der Waals surface area contributed by atoms with Crippen LogP contribution in [0.2, 0.25) is 0 Å². The van der Waals surface area contributed by atoms with E-state index in [4.69, 9.17) is 0 Å². The van der Waals surface area contributed by atoms with E-state index in [1.807, 2.05) is 0 Å². The Bertz CT molecular complexity index is 204. The molecule has 2 saturated heterocycles. The van der Waals surface area contributed by atoms with Crippen LogP contribution in [0.15, 0.2) is 0 Å². The largest absolute Gasteiger partial charge is 0.314 e. The molecule has 3 heteroatoms. The molecular weight excluding hydrogens is 216 g/mol. The van der Waals surface area contributed by atoms with Crippen molar-refractivity contribution in [3.63, 3.8) is 0 Å². The second-order valence-corrected chi connectivity index (χ2v) is 6.45. The van der Waals surface area contributed by atoms with Gasteiger partial charge in [-0.05, 0) is 44.0 Å². The Morgan fingerprint density at radius 3 is 2.88 bits per heavy atom. The van der Waals surface area contributed by atoms with Crippen LogP contribution >= 0.6 is 11.8 Å². The number of likely N-dealkylation sites (tertiary alicyclic amines) is 1. The van der Waals surface area contributed by atoms with Gasteiger partial charge in [0, 0.05) is 24.4 Å². The SMILES string of the molecule is CCNC1CCN(C2CCCSC2)CC1C. The first kappa shape index (κ1) is 12.7. The molecule has 2 aliphatic rings. The summed E-state index contributed by atoms with van der Waals surface area (Å²) in [5.74, 6) is 3.58. The quantitative estimate of drug-likeness (QED) is 0.817. The highest BCUT2D eigenvalue weighted by atomic mass is 32.2. The second kappa shape index (κ2) is 6.27. The fraction of sp³-hybridized carbons (Fsp3) is 1.00. The molecule has 3 unspecified atom stereocenters. The fourth-order valence-corrected chi connectivity index (χ4v) is 4.27. The van der Waals surface area contributed by atoms with E-state index in [-0.39, 0.29) is 0 Å². The minimum Gasteiger partial charge on any atom is -0.314 e. The normalized spacial score (nSPS) is 37.5. The highest BCUT2D eigenvalue weighted by Gasteiger charge is 2.30. The second-order valence-electron chi connectivity index (χ2n) is 5.30. The third-order valence-electron chi connectivity index (χ3n) is 4.06. The van der Waals surface area contributed by atoms with Crippen molar-refractivity contribution in [3.8, 4) is 0 Å². The first-order valence-corrected chi connectivity index (χ1v) is 8.02. The maximum Gasteiger partial charge on any atom is 0.0186 e. The van der Waals surface area contributed by atoms with E-state index in [2.05, 4.69) is 35.8 Å². The summed E-state index contributed by atoms with van der Waals surface area (Å²) in [6.45, 7) is 8.37. The van der Waals surface area contributed by atoms with Gasteiger partial charge in [0.05, 0.1) is 0 Å². The first-order chi connectivity index (χ1) is 7.81. The molecule has 3 atom stereocenters. The van der Waals surface area contributed by atoms with Crippen LogP contribution in [-0.2, 0) is 0 Å². The van der Waals surface area contributed by atoms with Crippen molar-refractivity contribution in [2.24, 2.45) is 5.92 Å². The predicted octanol–water partition coefficient (Wildman–Crippen LogP) is 2.20. The van der Waals surface area contributed by atoms with E-state index in [0.717, 1.165) is 24.5 Å². The Labute approximate surface area is 105 Å². The van der Waals surface area contributed by atoms with Gasteiger partial charge >= 0.3 is 0 Å². The molecule has 0 amide bonds. The number of nitrogens with zero attached hydrogens (tertiary/aromatic N) is 1. The third kappa shape index (κ3) is 3.14. The minimum absolute atomic E-state index is 0.762. The molecule has 0 aromatic carbocycles. The van der Waals surface area contributed by atoms with Crippen molar-refractivity contribution in [2.75, 3.05) is 31.1 Å². The Balaban J connectivity index is 1.81. The molecule has 2 rings (SSSR count). The number of hydrogen-bond acceptors (Lipinski definition) is 3. The molecule has 2 fully saturated rings. The highest BCUT2D eigenvalue weighted by Crippen LogP contribution is 2.26. The van der Waals surface area contributed by atoms with Crippen LogP contribution in [0.1, 0.15) is 33.1 Å². The Morgan fingerprint density at radius 2 is 2.25 bits per heavy atom. The summed E-state index contributed by atoms with van der Waals surface area (Å²) in [4.78, 5) is 2.75. The van der Waals surface area contributed by atoms with Gasteiger partial charge in [-0.2, -0.15) is 11.8 Å². The molecule has 2 aliphatic heterocycles. The number of hydrogen-bond donors (Lipinski definition) is 1. The first-order valence-electron chi connectivity index (χ1n) is 6.86. The van der Waals surface area contributed by atoms with E-state index >= 15 is 0 Å². The zero-order chi connectivity index (χ0) is 11.4. The molecule has 0 radical (unpaired) electrons. The lowest BCUT2D eigenvalue weighted by atomic mass is 9.92. The van der Waals surface area contributed by atoms with Crippen molar-refractivity contribution in [1.29, 1.82) is 0 Å². The van der Waals surface area contributed by atoms with Gasteiger partial charge < -0.3 is 5.32 Å². The molecule has 0 aliphatic carbocycles. The summed E-state index contributed by atoms with van der Waals surface area (Å²) in [5, 5.41) is 3.63. The zero-order valence-corrected chi connectivity index (χ0v) is 11.6. The minimum atomic E-state index is 0.762. The molecule has 1 N–H and O–H groups in total. The number of piperidine rings is 1. The molecule has 94 valence electrons.